The average molecular weight is 299 g/mol. The van der Waals surface area contributed by atoms with E-state index in [2.05, 4.69) is 15.6 Å². The number of carbonyl (C=O) groups excluding carboxylic acids is 1. The van der Waals surface area contributed by atoms with Gasteiger partial charge in [-0.05, 0) is 5.56 Å². The molecule has 2 rings (SSSR count). The van der Waals surface area contributed by atoms with Gasteiger partial charge in [0.2, 0.25) is 0 Å². The van der Waals surface area contributed by atoms with Gasteiger partial charge in [-0.25, -0.2) is 4.79 Å². The molecule has 2 amide bonds. The summed E-state index contributed by atoms with van der Waals surface area (Å²) in [6.45, 7) is 0. The quantitative estimate of drug-likeness (QED) is 0.913. The number of carbonyl (C=O) groups is 1. The van der Waals surface area contributed by atoms with Crippen molar-refractivity contribution in [2.45, 2.75) is 12.2 Å². The number of nitrogens with zero attached hydrogens (tertiary/aromatic N) is 3. The normalized spacial score (nSPS) is 12.8. The lowest BCUT2D eigenvalue weighted by Crippen LogP contribution is -2.40. The number of rotatable bonds is 3. The van der Waals surface area contributed by atoms with E-state index in [1.54, 1.807) is 13.1 Å². The van der Waals surface area contributed by atoms with Crippen LogP contribution >= 0.6 is 0 Å². The Morgan fingerprint density at radius 2 is 1.95 bits per heavy atom. The van der Waals surface area contributed by atoms with Gasteiger partial charge >= 0.3 is 12.2 Å². The monoisotopic (exact) mass is 299 g/mol. The van der Waals surface area contributed by atoms with E-state index in [4.69, 9.17) is 0 Å². The van der Waals surface area contributed by atoms with Gasteiger partial charge in [0.1, 0.15) is 0 Å². The Hall–Kier alpha value is -2.58. The zero-order valence-electron chi connectivity index (χ0n) is 10.9. The van der Waals surface area contributed by atoms with Gasteiger partial charge in [0.05, 0.1) is 6.20 Å². The van der Waals surface area contributed by atoms with Crippen molar-refractivity contribution < 1.29 is 18.0 Å². The van der Waals surface area contributed by atoms with E-state index in [-0.39, 0.29) is 11.4 Å². The molecule has 1 atom stereocenters. The summed E-state index contributed by atoms with van der Waals surface area (Å²) in [7, 11) is 1.57. The number of nitrogens with one attached hydrogen (secondary N) is 2. The van der Waals surface area contributed by atoms with E-state index in [0.29, 0.717) is 0 Å². The molecule has 21 heavy (non-hydrogen) atoms. The molecule has 0 fully saturated rings. The van der Waals surface area contributed by atoms with Crippen molar-refractivity contribution in [3.8, 4) is 0 Å². The lowest BCUT2D eigenvalue weighted by Gasteiger charge is -2.21. The molecule has 0 saturated carbocycles. The molecule has 1 unspecified atom stereocenters. The fourth-order valence-corrected chi connectivity index (χ4v) is 1.69. The fourth-order valence-electron chi connectivity index (χ4n) is 1.69. The Bertz CT molecular complexity index is 611. The van der Waals surface area contributed by atoms with Gasteiger partial charge in [0, 0.05) is 7.05 Å². The molecule has 0 radical (unpaired) electrons. The van der Waals surface area contributed by atoms with Gasteiger partial charge in [0.15, 0.2) is 11.9 Å². The second-order valence-electron chi connectivity index (χ2n) is 4.26. The van der Waals surface area contributed by atoms with Crippen LogP contribution in [0.3, 0.4) is 0 Å². The summed E-state index contributed by atoms with van der Waals surface area (Å²) in [6, 6.07) is 4.00. The first-order chi connectivity index (χ1) is 9.86. The largest absolute Gasteiger partial charge is 0.412 e. The maximum absolute atomic E-state index is 13.0. The zero-order chi connectivity index (χ0) is 15.5. The summed E-state index contributed by atoms with van der Waals surface area (Å²) < 4.78 is 40.4. The molecule has 0 spiro atoms. The molecular weight excluding hydrogens is 287 g/mol. The summed E-state index contributed by atoms with van der Waals surface area (Å²) >= 11 is 0. The standard InChI is InChI=1S/C12H12F3N5O/c1-20-7-9(18-19-20)16-11(21)17-10(12(13,14)15)8-5-3-2-4-6-8/h2-7,10H,1H3,(H2,16,17,21). The summed E-state index contributed by atoms with van der Waals surface area (Å²) in [4.78, 5) is 11.7. The highest BCUT2D eigenvalue weighted by molar-refractivity contribution is 5.88. The Labute approximate surface area is 118 Å². The van der Waals surface area contributed by atoms with Crippen molar-refractivity contribution >= 4 is 11.8 Å². The van der Waals surface area contributed by atoms with Crippen LogP contribution in [0.15, 0.2) is 36.5 Å². The van der Waals surface area contributed by atoms with Gasteiger partial charge in [-0.3, -0.25) is 10.00 Å². The highest BCUT2D eigenvalue weighted by atomic mass is 19.4. The highest BCUT2D eigenvalue weighted by Crippen LogP contribution is 2.32. The van der Waals surface area contributed by atoms with Gasteiger partial charge in [-0.15, -0.1) is 5.10 Å². The second-order valence-corrected chi connectivity index (χ2v) is 4.26. The van der Waals surface area contributed by atoms with Gasteiger partial charge < -0.3 is 5.32 Å². The number of alkyl halides is 3. The Balaban J connectivity index is 2.11. The van der Waals surface area contributed by atoms with Crippen LogP contribution in [0, 0.1) is 0 Å². The molecule has 1 aromatic carbocycles. The fraction of sp³-hybridized carbons (Fsp3) is 0.250. The van der Waals surface area contributed by atoms with Gasteiger partial charge in [0.25, 0.3) is 0 Å². The predicted molar refractivity (Wildman–Crippen MR) is 68.4 cm³/mol. The number of hydrogen-bond acceptors (Lipinski definition) is 3. The lowest BCUT2D eigenvalue weighted by atomic mass is 10.1. The highest BCUT2D eigenvalue weighted by Gasteiger charge is 2.41. The minimum Gasteiger partial charge on any atom is -0.322 e. The molecule has 2 N–H and O–H groups in total. The van der Waals surface area contributed by atoms with Crippen molar-refractivity contribution in [2.24, 2.45) is 7.05 Å². The summed E-state index contributed by atoms with van der Waals surface area (Å²) in [6.07, 6.45) is -3.24. The third-order valence-electron chi connectivity index (χ3n) is 2.58. The topological polar surface area (TPSA) is 71.8 Å². The molecule has 0 saturated heterocycles. The number of aryl methyl sites for hydroxylation is 1. The van der Waals surface area contributed by atoms with Crippen LogP contribution in [0.2, 0.25) is 0 Å². The molecular formula is C12H12F3N5O. The first-order valence-corrected chi connectivity index (χ1v) is 5.92. The molecule has 0 aliphatic heterocycles. The van der Waals surface area contributed by atoms with Gasteiger partial charge in [-0.2, -0.15) is 13.2 Å². The van der Waals surface area contributed by atoms with Crippen LogP contribution in [0.5, 0.6) is 0 Å². The maximum atomic E-state index is 13.0. The summed E-state index contributed by atoms with van der Waals surface area (Å²) in [5.74, 6) is 0.0592. The van der Waals surface area contributed by atoms with Crippen LogP contribution in [-0.2, 0) is 7.05 Å². The van der Waals surface area contributed by atoms with E-state index in [1.165, 1.54) is 35.1 Å². The molecule has 112 valence electrons. The third kappa shape index (κ3) is 3.94. The Kier molecular flexibility index (Phi) is 4.10. The van der Waals surface area contributed by atoms with Crippen molar-refractivity contribution in [3.63, 3.8) is 0 Å². The second kappa shape index (κ2) is 5.81. The molecule has 0 bridgehead atoms. The molecule has 9 heteroatoms. The minimum absolute atomic E-state index is 0.0562. The smallest absolute Gasteiger partial charge is 0.322 e. The predicted octanol–water partition coefficient (Wildman–Crippen LogP) is 2.24. The van der Waals surface area contributed by atoms with Crippen molar-refractivity contribution in [1.29, 1.82) is 0 Å². The molecule has 6 nitrogen and oxygen atoms in total. The minimum atomic E-state index is -4.61. The number of urea groups is 1. The number of halogens is 3. The molecule has 0 aliphatic carbocycles. The summed E-state index contributed by atoms with van der Waals surface area (Å²) in [5, 5.41) is 11.2. The van der Waals surface area contributed by atoms with Crippen molar-refractivity contribution in [3.05, 3.63) is 42.1 Å². The summed E-state index contributed by atoms with van der Waals surface area (Å²) in [5.41, 5.74) is -0.0562. The number of hydrogen-bond donors (Lipinski definition) is 2. The first kappa shape index (κ1) is 14.8. The van der Waals surface area contributed by atoms with Crippen LogP contribution in [0.25, 0.3) is 0 Å². The van der Waals surface area contributed by atoms with Gasteiger partial charge in [-0.1, -0.05) is 35.5 Å². The van der Waals surface area contributed by atoms with E-state index < -0.39 is 18.2 Å². The van der Waals surface area contributed by atoms with Crippen molar-refractivity contribution in [2.75, 3.05) is 5.32 Å². The van der Waals surface area contributed by atoms with Crippen molar-refractivity contribution in [1.82, 2.24) is 20.3 Å². The van der Waals surface area contributed by atoms with Crippen LogP contribution < -0.4 is 10.6 Å². The first-order valence-electron chi connectivity index (χ1n) is 5.92. The maximum Gasteiger partial charge on any atom is 0.412 e. The van der Waals surface area contributed by atoms with E-state index in [0.717, 1.165) is 0 Å². The number of anilines is 1. The van der Waals surface area contributed by atoms with Crippen LogP contribution in [0.1, 0.15) is 11.6 Å². The third-order valence-corrected chi connectivity index (χ3v) is 2.58. The Morgan fingerprint density at radius 3 is 2.48 bits per heavy atom. The molecule has 1 heterocycles. The average Bonchev–Trinajstić information content (AvgIpc) is 2.81. The lowest BCUT2D eigenvalue weighted by molar-refractivity contribution is -0.154. The molecule has 0 aliphatic rings. The van der Waals surface area contributed by atoms with Crippen LogP contribution in [0.4, 0.5) is 23.8 Å². The molecule has 1 aromatic heterocycles. The van der Waals surface area contributed by atoms with E-state index >= 15 is 0 Å². The SMILES string of the molecule is Cn1cc(NC(=O)NC(c2ccccc2)C(F)(F)F)nn1. The van der Waals surface area contributed by atoms with E-state index in [1.807, 2.05) is 5.32 Å². The number of amides is 2. The van der Waals surface area contributed by atoms with Crippen LogP contribution in [-0.4, -0.2) is 27.2 Å². The Morgan fingerprint density at radius 1 is 1.29 bits per heavy atom. The number of aromatic nitrogens is 3. The van der Waals surface area contributed by atoms with E-state index in [9.17, 15) is 18.0 Å². The zero-order valence-corrected chi connectivity index (χ0v) is 10.9. The number of benzene rings is 1. The molecule has 2 aromatic rings.